The summed E-state index contributed by atoms with van der Waals surface area (Å²) < 4.78 is 32.6. The summed E-state index contributed by atoms with van der Waals surface area (Å²) in [5.41, 5.74) is 0.593. The highest BCUT2D eigenvalue weighted by Gasteiger charge is 2.39. The van der Waals surface area contributed by atoms with E-state index in [4.69, 9.17) is 4.42 Å². The largest absolute Gasteiger partial charge is 0.451 e. The number of carbonyl (C=O) groups excluding carboxylic acids is 3. The molecule has 2 unspecified atom stereocenters. The number of nitrogens with one attached hydrogen (secondary N) is 1. The molecule has 0 radical (unpaired) electrons. The summed E-state index contributed by atoms with van der Waals surface area (Å²) in [4.78, 5) is 44.6. The Morgan fingerprint density at radius 3 is 2.58 bits per heavy atom. The average molecular weight is 511 g/mol. The van der Waals surface area contributed by atoms with Crippen molar-refractivity contribution in [3.05, 3.63) is 60.5 Å². The van der Waals surface area contributed by atoms with E-state index in [-0.39, 0.29) is 29.8 Å². The van der Waals surface area contributed by atoms with Crippen molar-refractivity contribution in [1.82, 2.24) is 19.5 Å². The van der Waals surface area contributed by atoms with Crippen LogP contribution in [0, 0.1) is 0 Å². The number of ketones is 1. The number of carbonyl (C=O) groups is 3. The number of benzene rings is 1. The summed E-state index contributed by atoms with van der Waals surface area (Å²) >= 11 is 0. The van der Waals surface area contributed by atoms with Crippen LogP contribution in [0.15, 0.2) is 64.2 Å². The lowest BCUT2D eigenvalue weighted by molar-refractivity contribution is -0.130. The van der Waals surface area contributed by atoms with Crippen LogP contribution in [0.1, 0.15) is 36.2 Å². The number of nitrogens with zero attached hydrogens (tertiary/aromatic N) is 3. The van der Waals surface area contributed by atoms with Gasteiger partial charge in [0, 0.05) is 24.7 Å². The number of para-hydroxylation sites is 1. The molecule has 5 rings (SSSR count). The van der Waals surface area contributed by atoms with Crippen molar-refractivity contribution in [2.24, 2.45) is 0 Å². The van der Waals surface area contributed by atoms with Crippen LogP contribution in [-0.4, -0.2) is 71.9 Å². The summed E-state index contributed by atoms with van der Waals surface area (Å²) in [6.45, 7) is 0.204. The molecule has 36 heavy (non-hydrogen) atoms. The van der Waals surface area contributed by atoms with Crippen LogP contribution in [0.5, 0.6) is 0 Å². The Morgan fingerprint density at radius 2 is 1.81 bits per heavy atom. The first kappa shape index (κ1) is 24.1. The fraction of sp³-hybridized carbons (Fsp3) is 0.360. The molecule has 11 heteroatoms. The number of hydrogen-bond acceptors (Lipinski definition) is 7. The zero-order valence-electron chi connectivity index (χ0n) is 19.5. The van der Waals surface area contributed by atoms with E-state index < -0.39 is 33.8 Å². The van der Waals surface area contributed by atoms with Gasteiger partial charge in [-0.3, -0.25) is 14.4 Å². The third kappa shape index (κ3) is 4.63. The first-order valence-electron chi connectivity index (χ1n) is 11.9. The summed E-state index contributed by atoms with van der Waals surface area (Å²) in [7, 11) is -3.92. The summed E-state index contributed by atoms with van der Waals surface area (Å²) in [6, 6.07) is 12.0. The minimum atomic E-state index is -3.92. The highest BCUT2D eigenvalue weighted by Crippen LogP contribution is 2.25. The Labute approximate surface area is 208 Å². The summed E-state index contributed by atoms with van der Waals surface area (Å²) in [5.74, 6) is -1.02. The number of amides is 2. The van der Waals surface area contributed by atoms with Gasteiger partial charge in [-0.05, 0) is 49.9 Å². The van der Waals surface area contributed by atoms with Crippen molar-refractivity contribution in [3.8, 4) is 0 Å². The number of Topliss-reactive ketones (excluding diaryl/α,β-unsaturated/α-hetero) is 1. The van der Waals surface area contributed by atoms with Gasteiger partial charge >= 0.3 is 0 Å². The predicted molar refractivity (Wildman–Crippen MR) is 129 cm³/mol. The second kappa shape index (κ2) is 9.82. The normalized spacial score (nSPS) is 21.4. The minimum Gasteiger partial charge on any atom is -0.451 e. The fourth-order valence-corrected chi connectivity index (χ4v) is 6.14. The van der Waals surface area contributed by atoms with Crippen LogP contribution < -0.4 is 5.32 Å². The number of aromatic nitrogens is 1. The van der Waals surface area contributed by atoms with Crippen LogP contribution in [0.4, 0.5) is 0 Å². The zero-order chi connectivity index (χ0) is 25.3. The maximum atomic E-state index is 13.2. The minimum absolute atomic E-state index is 0.119. The molecule has 10 nitrogen and oxygen atoms in total. The van der Waals surface area contributed by atoms with Gasteiger partial charge in [-0.25, -0.2) is 13.4 Å². The molecule has 2 saturated heterocycles. The van der Waals surface area contributed by atoms with Crippen LogP contribution in [-0.2, 0) is 19.6 Å². The molecule has 4 heterocycles. The third-order valence-electron chi connectivity index (χ3n) is 6.63. The number of sulfonamides is 1. The monoisotopic (exact) mass is 510 g/mol. The molecule has 0 bridgehead atoms. The summed E-state index contributed by atoms with van der Waals surface area (Å²) in [6.07, 6.45) is 3.21. The van der Waals surface area contributed by atoms with Crippen molar-refractivity contribution in [1.29, 1.82) is 0 Å². The first-order valence-corrected chi connectivity index (χ1v) is 13.3. The Bertz CT molecular complexity index is 1370. The molecule has 2 amide bonds. The lowest BCUT2D eigenvalue weighted by Gasteiger charge is -2.25. The zero-order valence-corrected chi connectivity index (χ0v) is 20.3. The van der Waals surface area contributed by atoms with Crippen LogP contribution >= 0.6 is 0 Å². The molecule has 2 aromatic heterocycles. The van der Waals surface area contributed by atoms with E-state index in [0.717, 1.165) is 9.69 Å². The number of rotatable bonds is 5. The average Bonchev–Trinajstić information content (AvgIpc) is 3.51. The molecular formula is C25H26N4O6S. The Balaban J connectivity index is 1.26. The van der Waals surface area contributed by atoms with Crippen molar-refractivity contribution in [3.63, 3.8) is 0 Å². The lowest BCUT2D eigenvalue weighted by Crippen LogP contribution is -2.51. The van der Waals surface area contributed by atoms with Gasteiger partial charge in [-0.1, -0.05) is 24.3 Å². The van der Waals surface area contributed by atoms with E-state index in [2.05, 4.69) is 10.3 Å². The molecule has 2 fully saturated rings. The Morgan fingerprint density at radius 1 is 1.03 bits per heavy atom. The molecule has 3 aromatic rings. The van der Waals surface area contributed by atoms with E-state index in [9.17, 15) is 22.8 Å². The van der Waals surface area contributed by atoms with Gasteiger partial charge in [0.25, 0.3) is 15.9 Å². The van der Waals surface area contributed by atoms with Crippen LogP contribution in [0.3, 0.4) is 0 Å². The van der Waals surface area contributed by atoms with Crippen molar-refractivity contribution < 1.29 is 27.2 Å². The second-order valence-electron chi connectivity index (χ2n) is 8.98. The van der Waals surface area contributed by atoms with Crippen molar-refractivity contribution >= 4 is 38.6 Å². The molecule has 2 aliphatic heterocycles. The number of hydrogen-bond donors (Lipinski definition) is 1. The molecule has 0 spiro atoms. The standard InChI is InChI=1S/C25H26N4O6S/c30-20-16-28(36(33,34)23-11-3-4-12-26-23)13-5-8-18(20)27-24(31)19-9-6-14-29(19)25(32)22-15-17-7-1-2-10-21(17)35-22/h1-4,7,10-12,15,18-19H,5-6,8-9,13-14,16H2,(H,27,31). The quantitative estimate of drug-likeness (QED) is 0.555. The number of furan rings is 1. The maximum Gasteiger partial charge on any atom is 0.290 e. The molecule has 1 aromatic carbocycles. The van der Waals surface area contributed by atoms with Gasteiger partial charge in [0.1, 0.15) is 11.6 Å². The molecule has 1 N–H and O–H groups in total. The SMILES string of the molecule is O=C1CN(S(=O)(=O)c2ccccn2)CCCC1NC(=O)C1CCCN1C(=O)c1cc2ccccc2o1. The first-order chi connectivity index (χ1) is 17.3. The smallest absolute Gasteiger partial charge is 0.290 e. The topological polar surface area (TPSA) is 130 Å². The summed E-state index contributed by atoms with van der Waals surface area (Å²) in [5, 5.41) is 3.46. The second-order valence-corrected chi connectivity index (χ2v) is 10.9. The molecule has 0 aliphatic carbocycles. The van der Waals surface area contributed by atoms with Gasteiger partial charge in [-0.2, -0.15) is 4.31 Å². The molecule has 2 atom stereocenters. The molecule has 188 valence electrons. The van der Waals surface area contributed by atoms with E-state index in [0.29, 0.717) is 37.8 Å². The van der Waals surface area contributed by atoms with Crippen molar-refractivity contribution in [2.75, 3.05) is 19.6 Å². The molecule has 0 saturated carbocycles. The van der Waals surface area contributed by atoms with E-state index in [1.165, 1.54) is 17.2 Å². The number of pyridine rings is 1. The third-order valence-corrected chi connectivity index (χ3v) is 8.39. The molecular weight excluding hydrogens is 484 g/mol. The van der Waals surface area contributed by atoms with Crippen LogP contribution in [0.25, 0.3) is 11.0 Å². The highest BCUT2D eigenvalue weighted by molar-refractivity contribution is 7.89. The van der Waals surface area contributed by atoms with Gasteiger partial charge in [-0.15, -0.1) is 0 Å². The maximum absolute atomic E-state index is 13.2. The van der Waals surface area contributed by atoms with Crippen LogP contribution in [0.2, 0.25) is 0 Å². The van der Waals surface area contributed by atoms with Gasteiger partial charge in [0.15, 0.2) is 16.6 Å². The number of likely N-dealkylation sites (tertiary alicyclic amines) is 1. The Hall–Kier alpha value is -3.57. The van der Waals surface area contributed by atoms with E-state index in [1.54, 1.807) is 24.3 Å². The predicted octanol–water partition coefficient (Wildman–Crippen LogP) is 1.97. The highest BCUT2D eigenvalue weighted by atomic mass is 32.2. The van der Waals surface area contributed by atoms with Gasteiger partial charge in [0.05, 0.1) is 12.6 Å². The van der Waals surface area contributed by atoms with Gasteiger partial charge in [0.2, 0.25) is 5.91 Å². The molecule has 2 aliphatic rings. The van der Waals surface area contributed by atoms with Crippen molar-refractivity contribution in [2.45, 2.75) is 42.8 Å². The van der Waals surface area contributed by atoms with E-state index >= 15 is 0 Å². The number of fused-ring (bicyclic) bond motifs is 1. The fourth-order valence-electron chi connectivity index (χ4n) is 4.76. The van der Waals surface area contributed by atoms with Gasteiger partial charge < -0.3 is 14.6 Å². The lowest BCUT2D eigenvalue weighted by atomic mass is 10.1. The Kier molecular flexibility index (Phi) is 6.59. The van der Waals surface area contributed by atoms with E-state index in [1.807, 2.05) is 18.2 Å².